The molecule has 1 aliphatic carbocycles. The van der Waals surface area contributed by atoms with Crippen molar-refractivity contribution in [3.8, 4) is 17.0 Å². The lowest BCUT2D eigenvalue weighted by atomic mass is 9.93. The zero-order valence-corrected chi connectivity index (χ0v) is 13.5. The Hall–Kier alpha value is -2.57. The van der Waals surface area contributed by atoms with Gasteiger partial charge in [0.05, 0.1) is 17.3 Å². The average Bonchev–Trinajstić information content (AvgIpc) is 2.86. The topological polar surface area (TPSA) is 50.9 Å². The molecule has 2 aromatic heterocycles. The molecule has 0 radical (unpaired) electrons. The molecule has 1 saturated carbocycles. The Morgan fingerprint density at radius 2 is 1.96 bits per heavy atom. The number of nitrogens with zero attached hydrogens (tertiary/aromatic N) is 3. The van der Waals surface area contributed by atoms with Gasteiger partial charge in [-0.25, -0.2) is 4.98 Å². The standard InChI is InChI=1S/C18H16F3N3O/c1-10-7-12(18(19,20)21)8-15(25)16(10)14-6-5-11-9-24(13-3-2-4-13)23-17(11)22-14/h5-9,13,25H,2-4H2,1H3. The summed E-state index contributed by atoms with van der Waals surface area (Å²) in [5.41, 5.74) is 0.686. The molecule has 1 aliphatic rings. The summed E-state index contributed by atoms with van der Waals surface area (Å²) in [6.45, 7) is 1.53. The van der Waals surface area contributed by atoms with Crippen LogP contribution < -0.4 is 0 Å². The van der Waals surface area contributed by atoms with Gasteiger partial charge in [-0.2, -0.15) is 18.3 Å². The van der Waals surface area contributed by atoms with Crippen molar-refractivity contribution in [2.45, 2.75) is 38.4 Å². The quantitative estimate of drug-likeness (QED) is 0.720. The first-order valence-corrected chi connectivity index (χ1v) is 8.10. The van der Waals surface area contributed by atoms with Gasteiger partial charge in [-0.3, -0.25) is 4.68 Å². The summed E-state index contributed by atoms with van der Waals surface area (Å²) >= 11 is 0. The van der Waals surface area contributed by atoms with Crippen molar-refractivity contribution in [1.82, 2.24) is 14.8 Å². The molecular weight excluding hydrogens is 331 g/mol. The minimum absolute atomic E-state index is 0.299. The van der Waals surface area contributed by atoms with Gasteiger partial charge in [0, 0.05) is 17.1 Å². The number of rotatable bonds is 2. The lowest BCUT2D eigenvalue weighted by Crippen LogP contribution is -2.17. The van der Waals surface area contributed by atoms with E-state index in [-0.39, 0.29) is 0 Å². The smallest absolute Gasteiger partial charge is 0.416 e. The molecule has 0 unspecified atom stereocenters. The molecule has 3 aromatic rings. The van der Waals surface area contributed by atoms with Gasteiger partial charge in [0.15, 0.2) is 5.65 Å². The molecule has 2 heterocycles. The lowest BCUT2D eigenvalue weighted by molar-refractivity contribution is -0.137. The molecule has 0 spiro atoms. The van der Waals surface area contributed by atoms with Crippen LogP contribution in [0.25, 0.3) is 22.3 Å². The lowest BCUT2D eigenvalue weighted by Gasteiger charge is -2.25. The molecule has 0 saturated heterocycles. The number of benzene rings is 1. The summed E-state index contributed by atoms with van der Waals surface area (Å²) < 4.78 is 40.5. The molecule has 0 amide bonds. The molecule has 7 heteroatoms. The predicted molar refractivity (Wildman–Crippen MR) is 87.3 cm³/mol. The fourth-order valence-electron chi connectivity index (χ4n) is 3.16. The summed E-state index contributed by atoms with van der Waals surface area (Å²) in [5, 5.41) is 15.5. The highest BCUT2D eigenvalue weighted by Gasteiger charge is 2.32. The van der Waals surface area contributed by atoms with E-state index in [0.717, 1.165) is 30.4 Å². The van der Waals surface area contributed by atoms with Crippen LogP contribution in [0.2, 0.25) is 0 Å². The van der Waals surface area contributed by atoms with Gasteiger partial charge in [-0.05, 0) is 56.0 Å². The van der Waals surface area contributed by atoms with Crippen LogP contribution in [-0.4, -0.2) is 19.9 Å². The van der Waals surface area contributed by atoms with E-state index in [4.69, 9.17) is 0 Å². The Morgan fingerprint density at radius 1 is 1.20 bits per heavy atom. The van der Waals surface area contributed by atoms with E-state index in [2.05, 4.69) is 10.1 Å². The third-order valence-electron chi connectivity index (χ3n) is 4.73. The van der Waals surface area contributed by atoms with Gasteiger partial charge >= 0.3 is 6.18 Å². The Labute approximate surface area is 141 Å². The van der Waals surface area contributed by atoms with Crippen molar-refractivity contribution < 1.29 is 18.3 Å². The fourth-order valence-corrected chi connectivity index (χ4v) is 3.16. The maximum Gasteiger partial charge on any atom is 0.416 e. The number of hydrogen-bond donors (Lipinski definition) is 1. The first kappa shape index (κ1) is 15.9. The predicted octanol–water partition coefficient (Wildman–Crippen LogP) is 4.86. The average molecular weight is 347 g/mol. The van der Waals surface area contributed by atoms with E-state index in [1.807, 2.05) is 16.9 Å². The summed E-state index contributed by atoms with van der Waals surface area (Å²) in [7, 11) is 0. The molecular formula is C18H16F3N3O. The number of aryl methyl sites for hydroxylation is 1. The molecule has 25 heavy (non-hydrogen) atoms. The number of phenolic OH excluding ortho intramolecular Hbond substituents is 1. The second-order valence-corrected chi connectivity index (χ2v) is 6.49. The minimum Gasteiger partial charge on any atom is -0.507 e. The van der Waals surface area contributed by atoms with E-state index in [0.29, 0.717) is 28.5 Å². The highest BCUT2D eigenvalue weighted by atomic mass is 19.4. The van der Waals surface area contributed by atoms with E-state index in [9.17, 15) is 18.3 Å². The first-order chi connectivity index (χ1) is 11.8. The molecule has 4 rings (SSSR count). The number of aromatic hydroxyl groups is 1. The van der Waals surface area contributed by atoms with Crippen LogP contribution in [0.4, 0.5) is 13.2 Å². The van der Waals surface area contributed by atoms with Crippen molar-refractivity contribution in [2.75, 3.05) is 0 Å². The van der Waals surface area contributed by atoms with Gasteiger partial charge in [0.2, 0.25) is 0 Å². The third-order valence-corrected chi connectivity index (χ3v) is 4.73. The molecule has 1 N–H and O–H groups in total. The highest BCUT2D eigenvalue weighted by molar-refractivity contribution is 5.80. The number of phenols is 1. The SMILES string of the molecule is Cc1cc(C(F)(F)F)cc(O)c1-c1ccc2cn(C3CCC3)nc2n1. The summed E-state index contributed by atoms with van der Waals surface area (Å²) in [5.74, 6) is -0.433. The van der Waals surface area contributed by atoms with Crippen molar-refractivity contribution in [2.24, 2.45) is 0 Å². The Kier molecular flexibility index (Phi) is 3.49. The molecule has 0 bridgehead atoms. The number of halogens is 3. The van der Waals surface area contributed by atoms with Gasteiger partial charge in [-0.15, -0.1) is 0 Å². The molecule has 1 fully saturated rings. The Balaban J connectivity index is 1.78. The van der Waals surface area contributed by atoms with Crippen LogP contribution in [0.15, 0.2) is 30.5 Å². The monoisotopic (exact) mass is 347 g/mol. The van der Waals surface area contributed by atoms with Crippen molar-refractivity contribution in [1.29, 1.82) is 0 Å². The normalized spacial score (nSPS) is 15.5. The number of fused-ring (bicyclic) bond motifs is 1. The zero-order valence-electron chi connectivity index (χ0n) is 13.5. The second kappa shape index (κ2) is 5.47. The second-order valence-electron chi connectivity index (χ2n) is 6.49. The van der Waals surface area contributed by atoms with Crippen molar-refractivity contribution in [3.63, 3.8) is 0 Å². The minimum atomic E-state index is -4.50. The Bertz CT molecular complexity index is 935. The van der Waals surface area contributed by atoms with Crippen LogP contribution >= 0.6 is 0 Å². The van der Waals surface area contributed by atoms with Crippen LogP contribution in [0.1, 0.15) is 36.4 Å². The van der Waals surface area contributed by atoms with Gasteiger partial charge in [-0.1, -0.05) is 0 Å². The molecule has 130 valence electrons. The van der Waals surface area contributed by atoms with E-state index >= 15 is 0 Å². The zero-order chi connectivity index (χ0) is 17.8. The maximum absolute atomic E-state index is 12.9. The third kappa shape index (κ3) is 2.73. The van der Waals surface area contributed by atoms with Crippen LogP contribution in [-0.2, 0) is 6.18 Å². The number of aromatic nitrogens is 3. The van der Waals surface area contributed by atoms with Gasteiger partial charge in [0.1, 0.15) is 5.75 Å². The van der Waals surface area contributed by atoms with Crippen LogP contribution in [0.5, 0.6) is 5.75 Å². The summed E-state index contributed by atoms with van der Waals surface area (Å²) in [6, 6.07) is 5.69. The highest BCUT2D eigenvalue weighted by Crippen LogP contribution is 2.39. The van der Waals surface area contributed by atoms with Crippen LogP contribution in [0, 0.1) is 6.92 Å². The Morgan fingerprint density at radius 3 is 2.56 bits per heavy atom. The first-order valence-electron chi connectivity index (χ1n) is 8.10. The van der Waals surface area contributed by atoms with Gasteiger partial charge < -0.3 is 5.11 Å². The summed E-state index contributed by atoms with van der Waals surface area (Å²) in [6.07, 6.45) is 0.826. The van der Waals surface area contributed by atoms with Crippen LogP contribution in [0.3, 0.4) is 0 Å². The summed E-state index contributed by atoms with van der Waals surface area (Å²) in [4.78, 5) is 4.45. The number of hydrogen-bond acceptors (Lipinski definition) is 3. The molecule has 0 atom stereocenters. The largest absolute Gasteiger partial charge is 0.507 e. The molecule has 1 aromatic carbocycles. The number of pyridine rings is 1. The van der Waals surface area contributed by atoms with E-state index in [1.165, 1.54) is 13.3 Å². The van der Waals surface area contributed by atoms with E-state index < -0.39 is 17.5 Å². The maximum atomic E-state index is 12.9. The van der Waals surface area contributed by atoms with E-state index in [1.54, 1.807) is 6.07 Å². The van der Waals surface area contributed by atoms with Crippen molar-refractivity contribution >= 4 is 11.0 Å². The molecule has 0 aliphatic heterocycles. The van der Waals surface area contributed by atoms with Crippen molar-refractivity contribution in [3.05, 3.63) is 41.6 Å². The van der Waals surface area contributed by atoms with Gasteiger partial charge in [0.25, 0.3) is 0 Å². The number of alkyl halides is 3. The fraction of sp³-hybridized carbons (Fsp3) is 0.333. The molecule has 4 nitrogen and oxygen atoms in total.